The second-order valence-electron chi connectivity index (χ2n) is 5.49. The van der Waals surface area contributed by atoms with Crippen molar-refractivity contribution < 1.29 is 19.1 Å². The van der Waals surface area contributed by atoms with Crippen LogP contribution in [0.2, 0.25) is 0 Å². The van der Waals surface area contributed by atoms with Gasteiger partial charge in [0.05, 0.1) is 11.8 Å². The van der Waals surface area contributed by atoms with Crippen molar-refractivity contribution in [1.29, 1.82) is 0 Å². The molecule has 1 saturated heterocycles. The van der Waals surface area contributed by atoms with Gasteiger partial charge in [0.1, 0.15) is 5.75 Å². The van der Waals surface area contributed by atoms with E-state index in [1.807, 2.05) is 24.3 Å². The molecule has 6 heteroatoms. The normalized spacial score (nSPS) is 20.5. The van der Waals surface area contributed by atoms with Crippen molar-refractivity contribution in [3.8, 4) is 5.75 Å². The predicted octanol–water partition coefficient (Wildman–Crippen LogP) is 1.10. The Morgan fingerprint density at radius 3 is 3.05 bits per heavy atom. The van der Waals surface area contributed by atoms with Gasteiger partial charge in [-0.15, -0.1) is 0 Å². The average molecular weight is 304 g/mol. The van der Waals surface area contributed by atoms with Gasteiger partial charge < -0.3 is 19.7 Å². The standard InChI is InChI=1S/C16H20N2O4/c19-15(17-10-12-4-3-9-21-12)7-8-18-13-5-1-2-6-14(13)22-11-16(18)20/h1-2,5-6,12H,3-4,7-11H2,(H,17,19). The van der Waals surface area contributed by atoms with Crippen LogP contribution in [0.4, 0.5) is 5.69 Å². The van der Waals surface area contributed by atoms with Crippen LogP contribution < -0.4 is 15.0 Å². The van der Waals surface area contributed by atoms with Gasteiger partial charge in [-0.2, -0.15) is 0 Å². The number of nitrogens with one attached hydrogen (secondary N) is 1. The van der Waals surface area contributed by atoms with E-state index < -0.39 is 0 Å². The fourth-order valence-electron chi connectivity index (χ4n) is 2.73. The van der Waals surface area contributed by atoms with E-state index in [1.54, 1.807) is 4.90 Å². The van der Waals surface area contributed by atoms with Crippen LogP contribution in [0.1, 0.15) is 19.3 Å². The number of fused-ring (bicyclic) bond motifs is 1. The molecule has 0 aromatic heterocycles. The maximum Gasteiger partial charge on any atom is 0.265 e. The van der Waals surface area contributed by atoms with Gasteiger partial charge in [0, 0.05) is 26.1 Å². The minimum Gasteiger partial charge on any atom is -0.482 e. The number of nitrogens with zero attached hydrogens (tertiary/aromatic N) is 1. The molecule has 6 nitrogen and oxygen atoms in total. The predicted molar refractivity (Wildman–Crippen MR) is 80.9 cm³/mol. The van der Waals surface area contributed by atoms with Gasteiger partial charge in [-0.3, -0.25) is 9.59 Å². The van der Waals surface area contributed by atoms with Crippen LogP contribution in [0.5, 0.6) is 5.75 Å². The van der Waals surface area contributed by atoms with Crippen LogP contribution in [-0.4, -0.2) is 44.2 Å². The molecule has 3 rings (SSSR count). The van der Waals surface area contributed by atoms with Gasteiger partial charge in [0.2, 0.25) is 5.91 Å². The topological polar surface area (TPSA) is 67.9 Å². The molecule has 0 bridgehead atoms. The zero-order valence-electron chi connectivity index (χ0n) is 12.4. The van der Waals surface area contributed by atoms with Crippen LogP contribution in [0, 0.1) is 0 Å². The van der Waals surface area contributed by atoms with Crippen LogP contribution in [0.3, 0.4) is 0 Å². The first kappa shape index (κ1) is 14.8. The van der Waals surface area contributed by atoms with Crippen molar-refractivity contribution in [3.05, 3.63) is 24.3 Å². The SMILES string of the molecule is O=C(CCN1C(=O)COc2ccccc21)NCC1CCCO1. The van der Waals surface area contributed by atoms with E-state index >= 15 is 0 Å². The molecule has 0 radical (unpaired) electrons. The second kappa shape index (κ2) is 6.79. The lowest BCUT2D eigenvalue weighted by atomic mass is 10.2. The quantitative estimate of drug-likeness (QED) is 0.884. The third kappa shape index (κ3) is 3.39. The summed E-state index contributed by atoms with van der Waals surface area (Å²) in [4.78, 5) is 25.5. The highest BCUT2D eigenvalue weighted by atomic mass is 16.5. The first-order chi connectivity index (χ1) is 10.7. The Kier molecular flexibility index (Phi) is 4.58. The van der Waals surface area contributed by atoms with Crippen LogP contribution in [0.15, 0.2) is 24.3 Å². The molecular weight excluding hydrogens is 284 g/mol. The van der Waals surface area contributed by atoms with E-state index in [0.29, 0.717) is 18.8 Å². The molecule has 1 aromatic rings. The molecule has 1 N–H and O–H groups in total. The molecule has 1 atom stereocenters. The van der Waals surface area contributed by atoms with Crippen molar-refractivity contribution in [2.75, 3.05) is 31.2 Å². The molecule has 0 spiro atoms. The molecule has 118 valence electrons. The number of benzene rings is 1. The number of hydrogen-bond acceptors (Lipinski definition) is 4. The highest BCUT2D eigenvalue weighted by molar-refractivity contribution is 5.98. The zero-order valence-corrected chi connectivity index (χ0v) is 12.4. The lowest BCUT2D eigenvalue weighted by Crippen LogP contribution is -2.41. The Morgan fingerprint density at radius 1 is 1.36 bits per heavy atom. The Morgan fingerprint density at radius 2 is 2.23 bits per heavy atom. The van der Waals surface area contributed by atoms with Crippen LogP contribution in [-0.2, 0) is 14.3 Å². The summed E-state index contributed by atoms with van der Waals surface area (Å²) in [7, 11) is 0. The van der Waals surface area contributed by atoms with Crippen molar-refractivity contribution in [2.45, 2.75) is 25.4 Å². The number of carbonyl (C=O) groups excluding carboxylic acids is 2. The van der Waals surface area contributed by atoms with Gasteiger partial charge in [0.15, 0.2) is 6.61 Å². The number of para-hydroxylation sites is 2. The Balaban J connectivity index is 1.52. The molecule has 2 amide bonds. The summed E-state index contributed by atoms with van der Waals surface area (Å²) < 4.78 is 10.8. The number of hydrogen-bond donors (Lipinski definition) is 1. The molecule has 1 fully saturated rings. The minimum absolute atomic E-state index is 0.0224. The van der Waals surface area contributed by atoms with Gasteiger partial charge in [-0.05, 0) is 25.0 Å². The smallest absolute Gasteiger partial charge is 0.265 e. The molecular formula is C16H20N2O4. The number of anilines is 1. The third-order valence-corrected chi connectivity index (χ3v) is 3.92. The van der Waals surface area contributed by atoms with Crippen molar-refractivity contribution >= 4 is 17.5 Å². The van der Waals surface area contributed by atoms with Crippen molar-refractivity contribution in [1.82, 2.24) is 5.32 Å². The summed E-state index contributed by atoms with van der Waals surface area (Å²) in [6, 6.07) is 7.37. The third-order valence-electron chi connectivity index (χ3n) is 3.92. The van der Waals surface area contributed by atoms with E-state index in [-0.39, 0.29) is 30.9 Å². The average Bonchev–Trinajstić information content (AvgIpc) is 3.05. The van der Waals surface area contributed by atoms with Crippen LogP contribution >= 0.6 is 0 Å². The fourth-order valence-corrected chi connectivity index (χ4v) is 2.73. The molecule has 2 aliphatic rings. The number of amides is 2. The maximum atomic E-state index is 12.0. The van der Waals surface area contributed by atoms with Gasteiger partial charge in [-0.1, -0.05) is 12.1 Å². The Bertz CT molecular complexity index is 555. The lowest BCUT2D eigenvalue weighted by molar-refractivity contribution is -0.122. The highest BCUT2D eigenvalue weighted by Crippen LogP contribution is 2.31. The second-order valence-corrected chi connectivity index (χ2v) is 5.49. The summed E-state index contributed by atoms with van der Waals surface area (Å²) in [5.74, 6) is 0.500. The molecule has 22 heavy (non-hydrogen) atoms. The van der Waals surface area contributed by atoms with Gasteiger partial charge >= 0.3 is 0 Å². The van der Waals surface area contributed by atoms with Gasteiger partial charge in [0.25, 0.3) is 5.91 Å². The van der Waals surface area contributed by atoms with Crippen molar-refractivity contribution in [2.24, 2.45) is 0 Å². The molecule has 0 saturated carbocycles. The minimum atomic E-state index is -0.120. The van der Waals surface area contributed by atoms with Crippen molar-refractivity contribution in [3.63, 3.8) is 0 Å². The Hall–Kier alpha value is -2.08. The summed E-state index contributed by atoms with van der Waals surface area (Å²) >= 11 is 0. The highest BCUT2D eigenvalue weighted by Gasteiger charge is 2.25. The molecule has 0 aliphatic carbocycles. The largest absolute Gasteiger partial charge is 0.482 e. The van der Waals surface area contributed by atoms with E-state index in [4.69, 9.17) is 9.47 Å². The number of carbonyl (C=O) groups is 2. The zero-order chi connectivity index (χ0) is 15.4. The van der Waals surface area contributed by atoms with E-state index in [9.17, 15) is 9.59 Å². The Labute approximate surface area is 129 Å². The van der Waals surface area contributed by atoms with E-state index in [2.05, 4.69) is 5.32 Å². The fraction of sp³-hybridized carbons (Fsp3) is 0.500. The number of ether oxygens (including phenoxy) is 2. The summed E-state index contributed by atoms with van der Waals surface area (Å²) in [5.41, 5.74) is 0.727. The van der Waals surface area contributed by atoms with E-state index in [1.165, 1.54) is 0 Å². The molecule has 1 aromatic carbocycles. The molecule has 2 heterocycles. The van der Waals surface area contributed by atoms with E-state index in [0.717, 1.165) is 25.1 Å². The first-order valence-corrected chi connectivity index (χ1v) is 7.64. The summed E-state index contributed by atoms with van der Waals surface area (Å²) in [6.07, 6.45) is 2.46. The summed E-state index contributed by atoms with van der Waals surface area (Å²) in [5, 5.41) is 2.87. The monoisotopic (exact) mass is 304 g/mol. The van der Waals surface area contributed by atoms with Gasteiger partial charge in [-0.25, -0.2) is 0 Å². The van der Waals surface area contributed by atoms with Crippen LogP contribution in [0.25, 0.3) is 0 Å². The summed E-state index contributed by atoms with van der Waals surface area (Å²) in [6.45, 7) is 1.71. The first-order valence-electron chi connectivity index (χ1n) is 7.64. The lowest BCUT2D eigenvalue weighted by Gasteiger charge is -2.29. The molecule has 1 unspecified atom stereocenters. The molecule has 2 aliphatic heterocycles. The maximum absolute atomic E-state index is 12.0. The number of rotatable bonds is 5.